The van der Waals surface area contributed by atoms with E-state index in [4.69, 9.17) is 9.47 Å². The third kappa shape index (κ3) is 5.11. The summed E-state index contributed by atoms with van der Waals surface area (Å²) in [7, 11) is 1.65. The van der Waals surface area contributed by atoms with Crippen LogP contribution in [0.3, 0.4) is 0 Å². The van der Waals surface area contributed by atoms with Crippen LogP contribution in [-0.2, 0) is 0 Å². The maximum Gasteiger partial charge on any atom is 0.253 e. The number of hydrogen-bond acceptors (Lipinski definition) is 4. The SMILES string of the molecule is COc1ccc(OCCN2CCN(C(=O)c3cccc(I)c3)CC2)cc1. The van der Waals surface area contributed by atoms with E-state index in [1.54, 1.807) is 7.11 Å². The van der Waals surface area contributed by atoms with Crippen LogP contribution in [0.4, 0.5) is 0 Å². The predicted octanol–water partition coefficient (Wildman–Crippen LogP) is 3.14. The minimum Gasteiger partial charge on any atom is -0.497 e. The van der Waals surface area contributed by atoms with Crippen molar-refractivity contribution >= 4 is 28.5 Å². The van der Waals surface area contributed by atoms with Gasteiger partial charge in [0, 0.05) is 41.9 Å². The van der Waals surface area contributed by atoms with Crippen molar-refractivity contribution in [3.8, 4) is 11.5 Å². The summed E-state index contributed by atoms with van der Waals surface area (Å²) in [5.41, 5.74) is 0.771. The van der Waals surface area contributed by atoms with Crippen molar-refractivity contribution in [2.24, 2.45) is 0 Å². The predicted molar refractivity (Wildman–Crippen MR) is 110 cm³/mol. The molecule has 0 bridgehead atoms. The first-order chi connectivity index (χ1) is 12.7. The first-order valence-electron chi connectivity index (χ1n) is 8.70. The Morgan fingerprint density at radius 1 is 1.04 bits per heavy atom. The van der Waals surface area contributed by atoms with Crippen LogP contribution in [-0.4, -0.2) is 62.1 Å². The van der Waals surface area contributed by atoms with Gasteiger partial charge in [0.1, 0.15) is 18.1 Å². The number of piperazine rings is 1. The number of carbonyl (C=O) groups is 1. The van der Waals surface area contributed by atoms with Crippen LogP contribution in [0.5, 0.6) is 11.5 Å². The number of rotatable bonds is 6. The standard InChI is InChI=1S/C20H23IN2O3/c1-25-18-5-7-19(8-6-18)26-14-13-22-9-11-23(12-10-22)20(24)16-3-2-4-17(21)15-16/h2-8,15H,9-14H2,1H3. The number of ether oxygens (including phenoxy) is 2. The molecule has 6 heteroatoms. The molecule has 1 heterocycles. The number of carbonyl (C=O) groups excluding carboxylic acids is 1. The molecule has 2 aromatic rings. The Bertz CT molecular complexity index is 728. The molecule has 3 rings (SSSR count). The molecular weight excluding hydrogens is 443 g/mol. The van der Waals surface area contributed by atoms with E-state index >= 15 is 0 Å². The zero-order chi connectivity index (χ0) is 18.4. The van der Waals surface area contributed by atoms with E-state index < -0.39 is 0 Å². The van der Waals surface area contributed by atoms with Crippen molar-refractivity contribution in [1.29, 1.82) is 0 Å². The highest BCUT2D eigenvalue weighted by Gasteiger charge is 2.22. The minimum absolute atomic E-state index is 0.123. The van der Waals surface area contributed by atoms with Gasteiger partial charge in [-0.1, -0.05) is 6.07 Å². The molecule has 0 atom stereocenters. The Morgan fingerprint density at radius 3 is 2.38 bits per heavy atom. The maximum absolute atomic E-state index is 12.6. The van der Waals surface area contributed by atoms with Crippen LogP contribution in [0.15, 0.2) is 48.5 Å². The highest BCUT2D eigenvalue weighted by molar-refractivity contribution is 14.1. The smallest absolute Gasteiger partial charge is 0.253 e. The van der Waals surface area contributed by atoms with Gasteiger partial charge in [-0.2, -0.15) is 0 Å². The molecule has 26 heavy (non-hydrogen) atoms. The van der Waals surface area contributed by atoms with Crippen molar-refractivity contribution in [1.82, 2.24) is 9.80 Å². The normalized spacial score (nSPS) is 14.9. The lowest BCUT2D eigenvalue weighted by Crippen LogP contribution is -2.49. The second-order valence-corrected chi connectivity index (χ2v) is 7.41. The fourth-order valence-electron chi connectivity index (χ4n) is 2.94. The second-order valence-electron chi connectivity index (χ2n) is 6.17. The Morgan fingerprint density at radius 2 is 1.73 bits per heavy atom. The number of amides is 1. The molecule has 0 aromatic heterocycles. The van der Waals surface area contributed by atoms with Gasteiger partial charge in [-0.3, -0.25) is 9.69 Å². The summed E-state index contributed by atoms with van der Waals surface area (Å²) >= 11 is 2.24. The van der Waals surface area contributed by atoms with Gasteiger partial charge in [0.05, 0.1) is 7.11 Å². The average molecular weight is 466 g/mol. The fraction of sp³-hybridized carbons (Fsp3) is 0.350. The van der Waals surface area contributed by atoms with Crippen LogP contribution < -0.4 is 9.47 Å². The third-order valence-electron chi connectivity index (χ3n) is 4.47. The number of hydrogen-bond donors (Lipinski definition) is 0. The molecule has 0 spiro atoms. The zero-order valence-electron chi connectivity index (χ0n) is 14.9. The minimum atomic E-state index is 0.123. The fourth-order valence-corrected chi connectivity index (χ4v) is 3.49. The van der Waals surface area contributed by atoms with E-state index in [2.05, 4.69) is 27.5 Å². The van der Waals surface area contributed by atoms with Crippen LogP contribution in [0.1, 0.15) is 10.4 Å². The lowest BCUT2D eigenvalue weighted by Gasteiger charge is -2.34. The first-order valence-corrected chi connectivity index (χ1v) is 9.77. The van der Waals surface area contributed by atoms with Gasteiger partial charge >= 0.3 is 0 Å². The van der Waals surface area contributed by atoms with Crippen LogP contribution in [0, 0.1) is 3.57 Å². The molecule has 138 valence electrons. The highest BCUT2D eigenvalue weighted by atomic mass is 127. The van der Waals surface area contributed by atoms with Crippen molar-refractivity contribution < 1.29 is 14.3 Å². The molecule has 1 saturated heterocycles. The number of benzene rings is 2. The van der Waals surface area contributed by atoms with Crippen molar-refractivity contribution in [3.05, 3.63) is 57.7 Å². The van der Waals surface area contributed by atoms with Crippen LogP contribution in [0.2, 0.25) is 0 Å². The molecule has 1 fully saturated rings. The van der Waals surface area contributed by atoms with Gasteiger partial charge in [0.15, 0.2) is 0 Å². The second kappa shape index (κ2) is 9.23. The lowest BCUT2D eigenvalue weighted by molar-refractivity contribution is 0.0620. The van der Waals surface area contributed by atoms with E-state index in [1.165, 1.54) is 0 Å². The Labute approximate surface area is 168 Å². The van der Waals surface area contributed by atoms with Gasteiger partial charge in [0.2, 0.25) is 0 Å². The Hall–Kier alpha value is -1.80. The summed E-state index contributed by atoms with van der Waals surface area (Å²) < 4.78 is 12.0. The van der Waals surface area contributed by atoms with Gasteiger partial charge in [0.25, 0.3) is 5.91 Å². The maximum atomic E-state index is 12.6. The molecule has 5 nitrogen and oxygen atoms in total. The molecule has 0 saturated carbocycles. The van der Waals surface area contributed by atoms with Crippen molar-refractivity contribution in [2.45, 2.75) is 0 Å². The largest absolute Gasteiger partial charge is 0.497 e. The van der Waals surface area contributed by atoms with E-state index in [0.717, 1.165) is 53.4 Å². The van der Waals surface area contributed by atoms with Crippen molar-refractivity contribution in [2.75, 3.05) is 46.4 Å². The molecule has 1 aliphatic heterocycles. The molecule has 1 aliphatic rings. The van der Waals surface area contributed by atoms with E-state index in [1.807, 2.05) is 53.4 Å². The molecule has 0 unspecified atom stereocenters. The molecule has 2 aromatic carbocycles. The van der Waals surface area contributed by atoms with E-state index in [0.29, 0.717) is 6.61 Å². The van der Waals surface area contributed by atoms with Gasteiger partial charge in [-0.25, -0.2) is 0 Å². The molecule has 0 aliphatic carbocycles. The summed E-state index contributed by atoms with van der Waals surface area (Å²) in [6, 6.07) is 15.4. The van der Waals surface area contributed by atoms with Gasteiger partial charge < -0.3 is 14.4 Å². The van der Waals surface area contributed by atoms with E-state index in [-0.39, 0.29) is 5.91 Å². The van der Waals surface area contributed by atoms with Gasteiger partial charge in [-0.15, -0.1) is 0 Å². The third-order valence-corrected chi connectivity index (χ3v) is 5.14. The molecule has 0 radical (unpaired) electrons. The lowest BCUT2D eigenvalue weighted by atomic mass is 10.2. The summed E-state index contributed by atoms with van der Waals surface area (Å²) in [5.74, 6) is 1.79. The van der Waals surface area contributed by atoms with Crippen molar-refractivity contribution in [3.63, 3.8) is 0 Å². The summed E-state index contributed by atoms with van der Waals surface area (Å²) in [5, 5.41) is 0. The summed E-state index contributed by atoms with van der Waals surface area (Å²) in [6.07, 6.45) is 0. The molecular formula is C20H23IN2O3. The molecule has 0 N–H and O–H groups in total. The van der Waals surface area contributed by atoms with Gasteiger partial charge in [-0.05, 0) is 65.1 Å². The summed E-state index contributed by atoms with van der Waals surface area (Å²) in [6.45, 7) is 4.76. The zero-order valence-corrected chi connectivity index (χ0v) is 17.0. The Kier molecular flexibility index (Phi) is 6.73. The molecule has 1 amide bonds. The first kappa shape index (κ1) is 19.0. The highest BCUT2D eigenvalue weighted by Crippen LogP contribution is 2.17. The topological polar surface area (TPSA) is 42.0 Å². The average Bonchev–Trinajstić information content (AvgIpc) is 2.68. The monoisotopic (exact) mass is 466 g/mol. The quantitative estimate of drug-likeness (QED) is 0.614. The number of methoxy groups -OCH3 is 1. The number of halogens is 1. The Balaban J connectivity index is 1.41. The van der Waals surface area contributed by atoms with Crippen LogP contribution in [0.25, 0.3) is 0 Å². The van der Waals surface area contributed by atoms with E-state index in [9.17, 15) is 4.79 Å². The number of nitrogens with zero attached hydrogens (tertiary/aromatic N) is 2. The van der Waals surface area contributed by atoms with Crippen LogP contribution >= 0.6 is 22.6 Å². The summed E-state index contributed by atoms with van der Waals surface area (Å²) in [4.78, 5) is 16.9.